The highest BCUT2D eigenvalue weighted by Crippen LogP contribution is 2.23. The molecular weight excluding hydrogens is 390 g/mol. The topological polar surface area (TPSA) is 111 Å². The molecule has 1 unspecified atom stereocenters. The van der Waals surface area contributed by atoms with Gasteiger partial charge in [-0.2, -0.15) is 0 Å². The lowest BCUT2D eigenvalue weighted by atomic mass is 10.00. The molecule has 1 atom stereocenters. The molecule has 4 N–H and O–H groups in total. The first-order valence-corrected chi connectivity index (χ1v) is 9.60. The quantitative estimate of drug-likeness (QED) is 0.613. The molecule has 2 rings (SSSR count). The van der Waals surface area contributed by atoms with Crippen LogP contribution in [-0.4, -0.2) is 34.5 Å². The summed E-state index contributed by atoms with van der Waals surface area (Å²) in [7, 11) is -2.10. The number of anilines is 1. The Morgan fingerprint density at radius 1 is 1.19 bits per heavy atom. The molecule has 0 aliphatic heterocycles. The van der Waals surface area contributed by atoms with Gasteiger partial charge in [-0.1, -0.05) is 18.2 Å². The van der Waals surface area contributed by atoms with Gasteiger partial charge in [0.05, 0.1) is 17.9 Å². The number of methoxy groups -OCH3 is 1. The third-order valence-corrected chi connectivity index (χ3v) is 5.29. The zero-order chi connectivity index (χ0) is 19.2. The number of amides is 1. The fourth-order valence-corrected chi connectivity index (χ4v) is 3.42. The van der Waals surface area contributed by atoms with E-state index in [-0.39, 0.29) is 36.3 Å². The van der Waals surface area contributed by atoms with Gasteiger partial charge in [-0.05, 0) is 42.8 Å². The zero-order valence-electron chi connectivity index (χ0n) is 15.1. The van der Waals surface area contributed by atoms with E-state index in [1.807, 2.05) is 12.1 Å². The van der Waals surface area contributed by atoms with Gasteiger partial charge in [0.1, 0.15) is 5.75 Å². The van der Waals surface area contributed by atoms with Crippen molar-refractivity contribution in [2.24, 2.45) is 5.73 Å². The summed E-state index contributed by atoms with van der Waals surface area (Å²) in [5.41, 5.74) is 6.53. The molecular formula is C18H24ClN3O4S. The van der Waals surface area contributed by atoms with Gasteiger partial charge < -0.3 is 15.8 Å². The summed E-state index contributed by atoms with van der Waals surface area (Å²) >= 11 is 0. The number of carbonyl (C=O) groups excluding carboxylic acids is 1. The van der Waals surface area contributed by atoms with E-state index in [2.05, 4.69) is 10.0 Å². The lowest BCUT2D eigenvalue weighted by Gasteiger charge is -2.14. The number of ether oxygens (including phenoxy) is 1. The molecule has 2 aromatic rings. The Balaban J connectivity index is 0.00000364. The van der Waals surface area contributed by atoms with Crippen LogP contribution in [0.2, 0.25) is 0 Å². The minimum absolute atomic E-state index is 0. The van der Waals surface area contributed by atoms with Crippen molar-refractivity contribution in [1.29, 1.82) is 0 Å². The number of carbonyl (C=O) groups is 1. The number of nitrogens with one attached hydrogen (secondary N) is 2. The molecule has 0 radical (unpaired) electrons. The predicted octanol–water partition coefficient (Wildman–Crippen LogP) is 2.10. The normalized spacial score (nSPS) is 12.0. The van der Waals surface area contributed by atoms with Crippen molar-refractivity contribution >= 4 is 34.0 Å². The summed E-state index contributed by atoms with van der Waals surface area (Å²) in [5.74, 6) is -0.00957. The summed E-state index contributed by atoms with van der Waals surface area (Å²) in [6.07, 6.45) is 0. The van der Waals surface area contributed by atoms with E-state index >= 15 is 0 Å². The second-order valence-electron chi connectivity index (χ2n) is 5.70. The van der Waals surface area contributed by atoms with Crippen LogP contribution in [0, 0.1) is 0 Å². The smallest absolute Gasteiger partial charge is 0.240 e. The van der Waals surface area contributed by atoms with Gasteiger partial charge in [0, 0.05) is 18.8 Å². The summed E-state index contributed by atoms with van der Waals surface area (Å²) in [6, 6.07) is 13.3. The lowest BCUT2D eigenvalue weighted by Crippen LogP contribution is -2.29. The first-order chi connectivity index (χ1) is 12.4. The van der Waals surface area contributed by atoms with E-state index in [4.69, 9.17) is 10.5 Å². The van der Waals surface area contributed by atoms with Crippen LogP contribution >= 0.6 is 12.4 Å². The van der Waals surface area contributed by atoms with Gasteiger partial charge in [0.25, 0.3) is 0 Å². The standard InChI is InChI=1S/C18H23N3O4S.ClH/c1-13(14-5-3-7-16(11-14)25-2)18(22)21-15-6-4-8-17(12-15)26(23,24)20-10-9-19;/h3-8,11-13,20H,9-10,19H2,1-2H3,(H,21,22);1H. The molecule has 7 nitrogen and oxygen atoms in total. The van der Waals surface area contributed by atoms with Gasteiger partial charge in [-0.3, -0.25) is 4.79 Å². The third-order valence-electron chi connectivity index (χ3n) is 3.84. The van der Waals surface area contributed by atoms with Gasteiger partial charge in [0.2, 0.25) is 15.9 Å². The number of nitrogens with two attached hydrogens (primary N) is 1. The van der Waals surface area contributed by atoms with Crippen molar-refractivity contribution in [3.05, 3.63) is 54.1 Å². The minimum Gasteiger partial charge on any atom is -0.497 e. The molecule has 2 aromatic carbocycles. The number of hydrogen-bond donors (Lipinski definition) is 3. The summed E-state index contributed by atoms with van der Waals surface area (Å²) in [4.78, 5) is 12.6. The van der Waals surface area contributed by atoms with Crippen LogP contribution in [0.4, 0.5) is 5.69 Å². The monoisotopic (exact) mass is 413 g/mol. The molecule has 0 spiro atoms. The Morgan fingerprint density at radius 3 is 2.56 bits per heavy atom. The van der Waals surface area contributed by atoms with E-state index in [0.717, 1.165) is 5.56 Å². The number of hydrogen-bond acceptors (Lipinski definition) is 5. The second-order valence-corrected chi connectivity index (χ2v) is 7.47. The Morgan fingerprint density at radius 2 is 1.89 bits per heavy atom. The SMILES string of the molecule is COc1cccc(C(C)C(=O)Nc2cccc(S(=O)(=O)NCCN)c2)c1.Cl. The zero-order valence-corrected chi connectivity index (χ0v) is 16.8. The minimum atomic E-state index is -3.66. The number of rotatable bonds is 8. The predicted molar refractivity (Wildman–Crippen MR) is 108 cm³/mol. The maximum absolute atomic E-state index is 12.5. The summed E-state index contributed by atoms with van der Waals surface area (Å²) < 4.78 is 31.9. The molecule has 0 aromatic heterocycles. The molecule has 0 aliphatic rings. The first kappa shape index (κ1) is 22.9. The number of benzene rings is 2. The lowest BCUT2D eigenvalue weighted by molar-refractivity contribution is -0.117. The Bertz CT molecular complexity index is 874. The molecule has 27 heavy (non-hydrogen) atoms. The Hall–Kier alpha value is -2.13. The molecule has 0 bridgehead atoms. The third kappa shape index (κ3) is 6.21. The average Bonchev–Trinajstić information content (AvgIpc) is 2.66. The van der Waals surface area contributed by atoms with Crippen LogP contribution in [0.5, 0.6) is 5.75 Å². The molecule has 9 heteroatoms. The van der Waals surface area contributed by atoms with E-state index in [1.165, 1.54) is 12.1 Å². The van der Waals surface area contributed by atoms with Crippen molar-refractivity contribution in [1.82, 2.24) is 4.72 Å². The fraction of sp³-hybridized carbons (Fsp3) is 0.278. The molecule has 0 heterocycles. The highest BCUT2D eigenvalue weighted by molar-refractivity contribution is 7.89. The van der Waals surface area contributed by atoms with Crippen LogP contribution in [0.25, 0.3) is 0 Å². The van der Waals surface area contributed by atoms with Gasteiger partial charge >= 0.3 is 0 Å². The molecule has 0 fully saturated rings. The van der Waals surface area contributed by atoms with Crippen LogP contribution in [0.1, 0.15) is 18.4 Å². The Kier molecular flexibility index (Phi) is 8.71. The largest absolute Gasteiger partial charge is 0.497 e. The Labute approximate surface area is 165 Å². The number of halogens is 1. The summed E-state index contributed by atoms with van der Waals surface area (Å²) in [5, 5.41) is 2.75. The van der Waals surface area contributed by atoms with Crippen LogP contribution in [0.15, 0.2) is 53.4 Å². The van der Waals surface area contributed by atoms with Crippen LogP contribution in [0.3, 0.4) is 0 Å². The van der Waals surface area contributed by atoms with Crippen molar-refractivity contribution in [3.63, 3.8) is 0 Å². The number of sulfonamides is 1. The molecule has 0 saturated carbocycles. The van der Waals surface area contributed by atoms with Crippen molar-refractivity contribution < 1.29 is 17.9 Å². The second kappa shape index (κ2) is 10.3. The molecule has 0 saturated heterocycles. The maximum atomic E-state index is 12.5. The highest BCUT2D eigenvalue weighted by atomic mass is 35.5. The molecule has 1 amide bonds. The molecule has 148 valence electrons. The van der Waals surface area contributed by atoms with Gasteiger partial charge in [0.15, 0.2) is 0 Å². The van der Waals surface area contributed by atoms with Gasteiger partial charge in [-0.25, -0.2) is 13.1 Å². The fourth-order valence-electron chi connectivity index (χ4n) is 2.33. The van der Waals surface area contributed by atoms with Crippen molar-refractivity contribution in [2.75, 3.05) is 25.5 Å². The van der Waals surface area contributed by atoms with Crippen molar-refractivity contribution in [3.8, 4) is 5.75 Å². The van der Waals surface area contributed by atoms with Crippen LogP contribution in [-0.2, 0) is 14.8 Å². The van der Waals surface area contributed by atoms with E-state index in [1.54, 1.807) is 38.3 Å². The molecule has 0 aliphatic carbocycles. The van der Waals surface area contributed by atoms with E-state index < -0.39 is 15.9 Å². The first-order valence-electron chi connectivity index (χ1n) is 8.12. The van der Waals surface area contributed by atoms with Crippen molar-refractivity contribution in [2.45, 2.75) is 17.7 Å². The summed E-state index contributed by atoms with van der Waals surface area (Å²) in [6.45, 7) is 2.12. The van der Waals surface area contributed by atoms with Gasteiger partial charge in [-0.15, -0.1) is 12.4 Å². The highest BCUT2D eigenvalue weighted by Gasteiger charge is 2.18. The van der Waals surface area contributed by atoms with E-state index in [9.17, 15) is 13.2 Å². The van der Waals surface area contributed by atoms with Crippen LogP contribution < -0.4 is 20.5 Å². The average molecular weight is 414 g/mol. The van der Waals surface area contributed by atoms with E-state index in [0.29, 0.717) is 11.4 Å². The maximum Gasteiger partial charge on any atom is 0.240 e.